The number of carbonyl (C=O) groups is 1. The maximum atomic E-state index is 13.9. The number of rotatable bonds is 7. The Balaban J connectivity index is 1.91. The van der Waals surface area contributed by atoms with Crippen LogP contribution in [0.5, 0.6) is 5.75 Å². The van der Waals surface area contributed by atoms with Crippen LogP contribution >= 0.6 is 0 Å². The van der Waals surface area contributed by atoms with E-state index in [-0.39, 0.29) is 11.4 Å². The molecule has 13 heteroatoms. The molecule has 0 saturated carbocycles. The summed E-state index contributed by atoms with van der Waals surface area (Å²) in [6, 6.07) is 6.82. The summed E-state index contributed by atoms with van der Waals surface area (Å²) in [7, 11) is -1.41. The Morgan fingerprint density at radius 1 is 1.24 bits per heavy atom. The minimum absolute atomic E-state index is 0.105. The third kappa shape index (κ3) is 6.53. The Kier molecular flexibility index (Phi) is 7.54. The number of alkyl halides is 3. The molecule has 0 aliphatic rings. The predicted molar refractivity (Wildman–Crippen MR) is 119 cm³/mol. The van der Waals surface area contributed by atoms with Crippen molar-refractivity contribution in [3.63, 3.8) is 0 Å². The van der Waals surface area contributed by atoms with E-state index in [9.17, 15) is 26.6 Å². The molecule has 1 amide bonds. The van der Waals surface area contributed by atoms with Crippen LogP contribution in [0.2, 0.25) is 0 Å². The summed E-state index contributed by atoms with van der Waals surface area (Å²) in [6.45, 7) is 1.51. The highest BCUT2D eigenvalue weighted by atomic mass is 32.2. The van der Waals surface area contributed by atoms with Gasteiger partial charge in [0.15, 0.2) is 6.10 Å². The summed E-state index contributed by atoms with van der Waals surface area (Å²) in [6.07, 6.45) is -3.19. The van der Waals surface area contributed by atoms with Crippen molar-refractivity contribution >= 4 is 44.6 Å². The fourth-order valence-electron chi connectivity index (χ4n) is 3.07. The topological polar surface area (TPSA) is 106 Å². The van der Waals surface area contributed by atoms with E-state index in [0.29, 0.717) is 28.0 Å². The molecule has 0 spiro atoms. The minimum atomic E-state index is -4.58. The Morgan fingerprint density at radius 3 is 2.65 bits per heavy atom. The van der Waals surface area contributed by atoms with Gasteiger partial charge in [-0.25, -0.2) is 14.4 Å². The van der Waals surface area contributed by atoms with E-state index < -0.39 is 41.1 Å². The van der Waals surface area contributed by atoms with Gasteiger partial charge in [0.2, 0.25) is 0 Å². The molecule has 0 saturated heterocycles. The monoisotopic (exact) mass is 498 g/mol. The molecule has 3 rings (SSSR count). The number of hydrogen-bond donors (Lipinski definition) is 2. The summed E-state index contributed by atoms with van der Waals surface area (Å²) in [5.74, 6) is -1.46. The lowest BCUT2D eigenvalue weighted by Crippen LogP contribution is -2.41. The summed E-state index contributed by atoms with van der Waals surface area (Å²) in [4.78, 5) is 20.4. The number of amides is 1. The first-order chi connectivity index (χ1) is 15.9. The fourth-order valence-corrected chi connectivity index (χ4v) is 3.47. The lowest BCUT2D eigenvalue weighted by Gasteiger charge is -2.19. The first kappa shape index (κ1) is 25.1. The molecule has 1 atom stereocenters. The average Bonchev–Trinajstić information content (AvgIpc) is 2.72. The molecule has 0 unspecified atom stereocenters. The zero-order valence-corrected chi connectivity index (χ0v) is 19.1. The van der Waals surface area contributed by atoms with Crippen molar-refractivity contribution in [1.82, 2.24) is 15.3 Å². The maximum Gasteiger partial charge on any atom is 0.405 e. The van der Waals surface area contributed by atoms with Gasteiger partial charge in [-0.1, -0.05) is 0 Å². The van der Waals surface area contributed by atoms with Gasteiger partial charge >= 0.3 is 6.18 Å². The van der Waals surface area contributed by atoms with Crippen molar-refractivity contribution in [2.24, 2.45) is 4.36 Å². The highest BCUT2D eigenvalue weighted by Gasteiger charge is 2.29. The SMILES string of the molecule is Cc1cc(N=[S-](C)=O)cc2ncnc(Nc3ccc(F)cc3O[C@H](C)C(=O)NCC(F)(F)F)c12. The highest BCUT2D eigenvalue weighted by Crippen LogP contribution is 2.34. The van der Waals surface area contributed by atoms with Crippen LogP contribution in [0.15, 0.2) is 41.0 Å². The Bertz CT molecular complexity index is 1310. The molecule has 2 N–H and O–H groups in total. The van der Waals surface area contributed by atoms with Crippen LogP contribution in [-0.2, 0) is 19.6 Å². The predicted octanol–water partition coefficient (Wildman–Crippen LogP) is 4.68. The van der Waals surface area contributed by atoms with Gasteiger partial charge in [-0.05, 0) is 43.7 Å². The molecule has 3 aromatic rings. The Labute approximate surface area is 194 Å². The number of halogens is 4. The van der Waals surface area contributed by atoms with E-state index in [1.54, 1.807) is 24.4 Å². The molecule has 0 aliphatic carbocycles. The van der Waals surface area contributed by atoms with Crippen LogP contribution in [0.3, 0.4) is 0 Å². The van der Waals surface area contributed by atoms with Crippen molar-refractivity contribution < 1.29 is 31.3 Å². The van der Waals surface area contributed by atoms with Crippen LogP contribution < -0.4 is 15.4 Å². The van der Waals surface area contributed by atoms with E-state index in [0.717, 1.165) is 12.1 Å². The number of carbonyl (C=O) groups excluding carboxylic acids is 1. The fraction of sp³-hybridized carbons (Fsp3) is 0.286. The smallest absolute Gasteiger partial charge is 0.405 e. The molecule has 0 fully saturated rings. The molecule has 0 bridgehead atoms. The first-order valence-corrected chi connectivity index (χ1v) is 11.3. The molecule has 1 aromatic heterocycles. The van der Waals surface area contributed by atoms with Crippen LogP contribution in [0.4, 0.5) is 34.8 Å². The van der Waals surface area contributed by atoms with Gasteiger partial charge in [-0.15, -0.1) is 6.26 Å². The van der Waals surface area contributed by atoms with Crippen molar-refractivity contribution in [1.29, 1.82) is 0 Å². The van der Waals surface area contributed by atoms with Crippen molar-refractivity contribution in [2.75, 3.05) is 18.1 Å². The number of nitrogens with zero attached hydrogens (tertiary/aromatic N) is 3. The van der Waals surface area contributed by atoms with E-state index in [1.807, 2.05) is 0 Å². The van der Waals surface area contributed by atoms with Crippen molar-refractivity contribution in [3.05, 3.63) is 48.0 Å². The highest BCUT2D eigenvalue weighted by molar-refractivity contribution is 7.74. The Morgan fingerprint density at radius 2 is 1.97 bits per heavy atom. The molecule has 0 aliphatic heterocycles. The van der Waals surface area contributed by atoms with Crippen LogP contribution in [0.25, 0.3) is 10.9 Å². The van der Waals surface area contributed by atoms with Crippen LogP contribution in [-0.4, -0.2) is 41.0 Å². The Hall–Kier alpha value is -3.48. The van der Waals surface area contributed by atoms with E-state index in [1.165, 1.54) is 25.6 Å². The average molecular weight is 498 g/mol. The number of nitrogens with one attached hydrogen (secondary N) is 2. The second-order valence-electron chi connectivity index (χ2n) is 7.25. The second-order valence-corrected chi connectivity index (χ2v) is 8.28. The van der Waals surface area contributed by atoms with Gasteiger partial charge in [-0.2, -0.15) is 23.8 Å². The standard InChI is InChI=1S/C21H20F4N5O3S/c1-11-6-14(30-34(3)32)8-16-18(11)19(28-10-27-16)29-15-5-4-13(22)7-17(15)33-12(2)20(31)26-9-21(23,24)25/h4-8,10,12H,9H2,1-3H3,(H,26,31)(H,27,28,29)/q-1/t12-/m1/s1. The largest absolute Gasteiger partial charge is 0.479 e. The normalized spacial score (nSPS) is 13.5. The summed E-state index contributed by atoms with van der Waals surface area (Å²) in [5.41, 5.74) is 1.92. The third-order valence-electron chi connectivity index (χ3n) is 4.49. The second kappa shape index (κ2) is 10.2. The van der Waals surface area contributed by atoms with Gasteiger partial charge in [0, 0.05) is 17.1 Å². The van der Waals surface area contributed by atoms with E-state index in [4.69, 9.17) is 4.74 Å². The molecule has 182 valence electrons. The third-order valence-corrected chi connectivity index (χ3v) is 4.95. The molecule has 0 radical (unpaired) electrons. The van der Waals surface area contributed by atoms with Crippen molar-refractivity contribution in [2.45, 2.75) is 26.1 Å². The minimum Gasteiger partial charge on any atom is -0.479 e. The maximum absolute atomic E-state index is 13.9. The number of anilines is 2. The van der Waals surface area contributed by atoms with Crippen molar-refractivity contribution in [3.8, 4) is 5.75 Å². The molecule has 1 heterocycles. The molecule has 8 nitrogen and oxygen atoms in total. The van der Waals surface area contributed by atoms with Crippen LogP contribution in [0.1, 0.15) is 12.5 Å². The zero-order valence-electron chi connectivity index (χ0n) is 18.2. The van der Waals surface area contributed by atoms with E-state index >= 15 is 0 Å². The molecular weight excluding hydrogens is 478 g/mol. The number of hydrogen-bond acceptors (Lipinski definition) is 8. The summed E-state index contributed by atoms with van der Waals surface area (Å²) in [5, 5.41) is 5.33. The van der Waals surface area contributed by atoms with Gasteiger partial charge < -0.3 is 23.9 Å². The zero-order chi connectivity index (χ0) is 25.0. The number of aryl methyl sites for hydroxylation is 1. The molecule has 2 aromatic carbocycles. The lowest BCUT2D eigenvalue weighted by molar-refractivity contribution is -0.142. The number of benzene rings is 2. The summed E-state index contributed by atoms with van der Waals surface area (Å²) >= 11 is 0. The van der Waals surface area contributed by atoms with Gasteiger partial charge in [0.05, 0.1) is 11.2 Å². The number of fused-ring (bicyclic) bond motifs is 1. The van der Waals surface area contributed by atoms with E-state index in [2.05, 4.69) is 19.6 Å². The molecule has 34 heavy (non-hydrogen) atoms. The first-order valence-electron chi connectivity index (χ1n) is 9.81. The quantitative estimate of drug-likeness (QED) is 0.362. The summed E-state index contributed by atoms with van der Waals surface area (Å²) < 4.78 is 71.9. The van der Waals surface area contributed by atoms with Gasteiger partial charge in [0.25, 0.3) is 5.91 Å². The lowest BCUT2D eigenvalue weighted by atomic mass is 10.1. The van der Waals surface area contributed by atoms with Crippen LogP contribution in [0, 0.1) is 12.7 Å². The number of aromatic nitrogens is 2. The number of ether oxygens (including phenoxy) is 1. The van der Waals surface area contributed by atoms with Gasteiger partial charge in [0.1, 0.15) is 30.3 Å². The molecular formula is C21H20F4N5O3S-. The van der Waals surface area contributed by atoms with Gasteiger partial charge in [-0.3, -0.25) is 4.79 Å².